The van der Waals surface area contributed by atoms with E-state index in [0.717, 1.165) is 0 Å². The van der Waals surface area contributed by atoms with Crippen LogP contribution in [0.15, 0.2) is 24.3 Å². The van der Waals surface area contributed by atoms with Gasteiger partial charge < -0.3 is 30.3 Å². The third kappa shape index (κ3) is 5.23. The zero-order valence-electron chi connectivity index (χ0n) is 12.4. The van der Waals surface area contributed by atoms with Gasteiger partial charge in [-0.25, -0.2) is 9.59 Å². The second-order valence-electron chi connectivity index (χ2n) is 4.43. The van der Waals surface area contributed by atoms with Crippen LogP contribution in [-0.4, -0.2) is 55.6 Å². The molecule has 0 saturated heterocycles. The van der Waals surface area contributed by atoms with Crippen LogP contribution in [0, 0.1) is 0 Å². The first-order valence-electron chi connectivity index (χ1n) is 6.57. The third-order valence-corrected chi connectivity index (χ3v) is 2.92. The Labute approximate surface area is 128 Å². The normalized spacial score (nSPS) is 13.0. The molecule has 0 spiro atoms. The number of benzene rings is 1. The van der Waals surface area contributed by atoms with Gasteiger partial charge in [-0.05, 0) is 17.7 Å². The molecule has 0 bridgehead atoms. The van der Waals surface area contributed by atoms with Crippen LogP contribution in [0.25, 0.3) is 0 Å². The fraction of sp³-hybridized carbons (Fsp3) is 0.429. The van der Waals surface area contributed by atoms with Crippen molar-refractivity contribution in [2.45, 2.75) is 12.1 Å². The van der Waals surface area contributed by atoms with E-state index >= 15 is 0 Å². The first-order chi connectivity index (χ1) is 10.5. The lowest BCUT2D eigenvalue weighted by atomic mass is 10.0. The molecule has 122 valence electrons. The third-order valence-electron chi connectivity index (χ3n) is 2.92. The molecule has 4 N–H and O–H groups in total. The summed E-state index contributed by atoms with van der Waals surface area (Å²) in [6.45, 7) is 0.527. The van der Waals surface area contributed by atoms with Crippen molar-refractivity contribution >= 4 is 12.0 Å². The Morgan fingerprint density at radius 1 is 1.23 bits per heavy atom. The molecule has 8 nitrogen and oxygen atoms in total. The summed E-state index contributed by atoms with van der Waals surface area (Å²) in [5.74, 6) is -0.765. The Bertz CT molecular complexity index is 491. The number of aliphatic carboxylic acids is 1. The minimum absolute atomic E-state index is 0.229. The molecule has 0 aromatic heterocycles. The standard InChI is InChI=1S/C14H20N2O6/c1-21-8-7-15-14(20)16-11(13(18)19)12(17)9-3-5-10(22-2)6-4-9/h3-6,11-12,17H,7-8H2,1-2H3,(H,18,19)(H2,15,16,20). The van der Waals surface area contributed by atoms with Gasteiger partial charge in [-0.1, -0.05) is 12.1 Å². The zero-order valence-corrected chi connectivity index (χ0v) is 12.4. The van der Waals surface area contributed by atoms with Crippen LogP contribution in [0.2, 0.25) is 0 Å². The number of aliphatic hydroxyl groups excluding tert-OH is 1. The summed E-state index contributed by atoms with van der Waals surface area (Å²) >= 11 is 0. The molecular weight excluding hydrogens is 292 g/mol. The number of aliphatic hydroxyl groups is 1. The van der Waals surface area contributed by atoms with Crippen molar-refractivity contribution in [2.24, 2.45) is 0 Å². The Kier molecular flexibility index (Phi) is 7.14. The van der Waals surface area contributed by atoms with Gasteiger partial charge in [0.05, 0.1) is 13.7 Å². The fourth-order valence-electron chi connectivity index (χ4n) is 1.73. The molecule has 2 unspecified atom stereocenters. The number of carbonyl (C=O) groups excluding carboxylic acids is 1. The Morgan fingerprint density at radius 3 is 2.36 bits per heavy atom. The summed E-state index contributed by atoms with van der Waals surface area (Å²) in [5.41, 5.74) is 0.352. The highest BCUT2D eigenvalue weighted by molar-refractivity contribution is 5.83. The molecule has 0 radical (unpaired) electrons. The van der Waals surface area contributed by atoms with Gasteiger partial charge in [0.25, 0.3) is 0 Å². The van der Waals surface area contributed by atoms with Gasteiger partial charge in [-0.15, -0.1) is 0 Å². The maximum Gasteiger partial charge on any atom is 0.329 e. The van der Waals surface area contributed by atoms with Crippen molar-refractivity contribution in [2.75, 3.05) is 27.4 Å². The minimum atomic E-state index is -1.48. The minimum Gasteiger partial charge on any atom is -0.497 e. The Morgan fingerprint density at radius 2 is 1.86 bits per heavy atom. The molecule has 0 aliphatic heterocycles. The van der Waals surface area contributed by atoms with Gasteiger partial charge in [0, 0.05) is 13.7 Å². The van der Waals surface area contributed by atoms with Crippen LogP contribution in [0.4, 0.5) is 4.79 Å². The lowest BCUT2D eigenvalue weighted by Gasteiger charge is -2.21. The van der Waals surface area contributed by atoms with Crippen LogP contribution >= 0.6 is 0 Å². The zero-order chi connectivity index (χ0) is 16.5. The second-order valence-corrected chi connectivity index (χ2v) is 4.43. The van der Waals surface area contributed by atoms with Crippen molar-refractivity contribution in [3.63, 3.8) is 0 Å². The van der Waals surface area contributed by atoms with E-state index in [0.29, 0.717) is 17.9 Å². The van der Waals surface area contributed by atoms with Crippen LogP contribution in [0.5, 0.6) is 5.75 Å². The lowest BCUT2D eigenvalue weighted by molar-refractivity contribution is -0.142. The van der Waals surface area contributed by atoms with Crippen LogP contribution in [-0.2, 0) is 9.53 Å². The first kappa shape index (κ1) is 17.7. The van der Waals surface area contributed by atoms with E-state index in [1.165, 1.54) is 26.4 Å². The quantitative estimate of drug-likeness (QED) is 0.507. The number of carboxylic acid groups (broad SMARTS) is 1. The van der Waals surface area contributed by atoms with E-state index in [1.54, 1.807) is 12.1 Å². The van der Waals surface area contributed by atoms with Gasteiger partial charge >= 0.3 is 12.0 Å². The summed E-state index contributed by atoms with van der Waals surface area (Å²) in [6.07, 6.45) is -1.39. The number of hydrogen-bond donors (Lipinski definition) is 4. The Hall–Kier alpha value is -2.32. The molecule has 0 heterocycles. The number of amides is 2. The molecule has 0 saturated carbocycles. The number of carboxylic acids is 1. The molecule has 2 amide bonds. The van der Waals surface area contributed by atoms with Crippen molar-refractivity contribution in [1.29, 1.82) is 0 Å². The molecule has 0 fully saturated rings. The number of carbonyl (C=O) groups is 2. The molecule has 2 atom stereocenters. The van der Waals surface area contributed by atoms with Crippen LogP contribution < -0.4 is 15.4 Å². The summed E-state index contributed by atoms with van der Waals surface area (Å²) in [7, 11) is 2.98. The second kappa shape index (κ2) is 8.85. The molecule has 0 aliphatic carbocycles. The maximum atomic E-state index is 11.6. The van der Waals surface area contributed by atoms with Gasteiger partial charge in [0.2, 0.25) is 0 Å². The van der Waals surface area contributed by atoms with E-state index in [2.05, 4.69) is 10.6 Å². The van der Waals surface area contributed by atoms with Crippen molar-refractivity contribution < 1.29 is 29.3 Å². The molecule has 1 aromatic rings. The number of rotatable bonds is 8. The van der Waals surface area contributed by atoms with Gasteiger partial charge in [-0.3, -0.25) is 0 Å². The fourth-order valence-corrected chi connectivity index (χ4v) is 1.73. The summed E-state index contributed by atoms with van der Waals surface area (Å²) in [6, 6.07) is 4.08. The topological polar surface area (TPSA) is 117 Å². The van der Waals surface area contributed by atoms with Crippen LogP contribution in [0.1, 0.15) is 11.7 Å². The predicted molar refractivity (Wildman–Crippen MR) is 77.8 cm³/mol. The lowest BCUT2D eigenvalue weighted by Crippen LogP contribution is -2.49. The number of methoxy groups -OCH3 is 2. The average Bonchev–Trinajstić information content (AvgIpc) is 2.52. The van der Waals surface area contributed by atoms with E-state index in [-0.39, 0.29) is 6.54 Å². The summed E-state index contributed by atoms with van der Waals surface area (Å²) < 4.78 is 9.75. The average molecular weight is 312 g/mol. The van der Waals surface area contributed by atoms with E-state index in [9.17, 15) is 19.8 Å². The highest BCUT2D eigenvalue weighted by Crippen LogP contribution is 2.20. The highest BCUT2D eigenvalue weighted by atomic mass is 16.5. The smallest absolute Gasteiger partial charge is 0.329 e. The Balaban J connectivity index is 2.72. The summed E-state index contributed by atoms with van der Waals surface area (Å²) in [4.78, 5) is 22.8. The van der Waals surface area contributed by atoms with Gasteiger partial charge in [0.15, 0.2) is 6.04 Å². The largest absolute Gasteiger partial charge is 0.497 e. The monoisotopic (exact) mass is 312 g/mol. The highest BCUT2D eigenvalue weighted by Gasteiger charge is 2.29. The van der Waals surface area contributed by atoms with E-state index < -0.39 is 24.1 Å². The van der Waals surface area contributed by atoms with Crippen molar-refractivity contribution in [3.05, 3.63) is 29.8 Å². The molecule has 1 aromatic carbocycles. The molecule has 22 heavy (non-hydrogen) atoms. The molecule has 0 aliphatic rings. The summed E-state index contributed by atoms with van der Waals surface area (Å²) in [5, 5.41) is 24.0. The van der Waals surface area contributed by atoms with Gasteiger partial charge in [0.1, 0.15) is 11.9 Å². The predicted octanol–water partition coefficient (Wildman–Crippen LogP) is 0.127. The van der Waals surface area contributed by atoms with E-state index in [1.807, 2.05) is 0 Å². The van der Waals surface area contributed by atoms with Crippen molar-refractivity contribution in [1.82, 2.24) is 10.6 Å². The molecule has 8 heteroatoms. The SMILES string of the molecule is COCCNC(=O)NC(C(=O)O)C(O)c1ccc(OC)cc1. The number of nitrogens with one attached hydrogen (secondary N) is 2. The maximum absolute atomic E-state index is 11.6. The van der Waals surface area contributed by atoms with Gasteiger partial charge in [-0.2, -0.15) is 0 Å². The molecular formula is C14H20N2O6. The number of urea groups is 1. The number of hydrogen-bond acceptors (Lipinski definition) is 5. The van der Waals surface area contributed by atoms with E-state index in [4.69, 9.17) is 9.47 Å². The van der Waals surface area contributed by atoms with Crippen LogP contribution in [0.3, 0.4) is 0 Å². The molecule has 1 rings (SSSR count). The number of ether oxygens (including phenoxy) is 2. The first-order valence-corrected chi connectivity index (χ1v) is 6.57. The van der Waals surface area contributed by atoms with Crippen molar-refractivity contribution in [3.8, 4) is 5.75 Å².